The van der Waals surface area contributed by atoms with Crippen molar-refractivity contribution in [2.24, 2.45) is 5.16 Å². The maximum Gasteiger partial charge on any atom is 0.119 e. The van der Waals surface area contributed by atoms with Gasteiger partial charge in [-0.25, -0.2) is 0 Å². The van der Waals surface area contributed by atoms with Crippen LogP contribution in [0.4, 0.5) is 0 Å². The molecule has 0 atom stereocenters. The summed E-state index contributed by atoms with van der Waals surface area (Å²) in [6, 6.07) is 17.5. The summed E-state index contributed by atoms with van der Waals surface area (Å²) in [5, 5.41) is 12.9. The number of hydrogen-bond donors (Lipinski definition) is 1. The Labute approximate surface area is 195 Å². The van der Waals surface area contributed by atoms with Crippen LogP contribution in [0.25, 0.3) is 0 Å². The lowest BCUT2D eigenvalue weighted by Gasteiger charge is -2.08. The molecule has 176 valence electrons. The van der Waals surface area contributed by atoms with Gasteiger partial charge in [0.25, 0.3) is 0 Å². The molecule has 0 amide bonds. The van der Waals surface area contributed by atoms with Crippen LogP contribution in [-0.4, -0.2) is 17.5 Å². The highest BCUT2D eigenvalue weighted by Gasteiger charge is 2.07. The van der Waals surface area contributed by atoms with Gasteiger partial charge in [0.1, 0.15) is 11.5 Å². The van der Waals surface area contributed by atoms with E-state index in [0.717, 1.165) is 29.9 Å². The maximum atomic E-state index is 9.41. The predicted octanol–water partition coefficient (Wildman–Crippen LogP) is 8.77. The molecule has 1 N–H and O–H groups in total. The molecule has 0 saturated carbocycles. The summed E-state index contributed by atoms with van der Waals surface area (Å²) >= 11 is 0. The Balaban J connectivity index is 1.48. The van der Waals surface area contributed by atoms with E-state index in [1.807, 2.05) is 54.6 Å². The van der Waals surface area contributed by atoms with Gasteiger partial charge in [-0.3, -0.25) is 0 Å². The molecule has 3 heteroatoms. The summed E-state index contributed by atoms with van der Waals surface area (Å²) in [5.74, 6) is 0.869. The second-order valence-electron chi connectivity index (χ2n) is 8.78. The third-order valence-corrected chi connectivity index (χ3v) is 6.04. The molecule has 0 radical (unpaired) electrons. The Kier molecular flexibility index (Phi) is 14.0. The van der Waals surface area contributed by atoms with Gasteiger partial charge in [0.15, 0.2) is 0 Å². The molecular formula is C29H43NO2. The van der Waals surface area contributed by atoms with E-state index in [0.29, 0.717) is 5.71 Å². The van der Waals surface area contributed by atoms with E-state index >= 15 is 0 Å². The van der Waals surface area contributed by atoms with Crippen molar-refractivity contribution in [1.82, 2.24) is 0 Å². The number of nitrogens with zero attached hydrogens (tertiary/aromatic N) is 1. The zero-order valence-corrected chi connectivity index (χ0v) is 20.1. The molecule has 0 aromatic heterocycles. The third kappa shape index (κ3) is 10.8. The van der Waals surface area contributed by atoms with Crippen LogP contribution in [0.3, 0.4) is 0 Å². The molecule has 0 unspecified atom stereocenters. The second-order valence-corrected chi connectivity index (χ2v) is 8.78. The quantitative estimate of drug-likeness (QED) is 0.110. The van der Waals surface area contributed by atoms with Gasteiger partial charge >= 0.3 is 0 Å². The molecule has 2 rings (SSSR count). The van der Waals surface area contributed by atoms with Gasteiger partial charge in [-0.1, -0.05) is 126 Å². The standard InChI is InChI=1S/C29H43NO2/c1-2-3-4-5-6-7-8-9-10-11-12-13-14-18-25-32-28-23-21-27(22-24-28)29(30-31)26-19-16-15-17-20-26/h15-17,19-24,31H,2-14,18,25H2,1H3. The molecule has 0 bridgehead atoms. The Bertz CT molecular complexity index is 725. The van der Waals surface area contributed by atoms with Crippen LogP contribution < -0.4 is 4.74 Å². The van der Waals surface area contributed by atoms with Crippen LogP contribution >= 0.6 is 0 Å². The second kappa shape index (κ2) is 17.3. The molecule has 0 aliphatic carbocycles. The third-order valence-electron chi connectivity index (χ3n) is 6.04. The summed E-state index contributed by atoms with van der Waals surface area (Å²) in [7, 11) is 0. The van der Waals surface area contributed by atoms with Gasteiger partial charge in [0.2, 0.25) is 0 Å². The molecule has 2 aromatic rings. The fourth-order valence-corrected chi connectivity index (χ4v) is 4.07. The van der Waals surface area contributed by atoms with Gasteiger partial charge in [-0.2, -0.15) is 0 Å². The fraction of sp³-hybridized carbons (Fsp3) is 0.552. The fourth-order valence-electron chi connectivity index (χ4n) is 4.07. The lowest BCUT2D eigenvalue weighted by atomic mass is 10.0. The van der Waals surface area contributed by atoms with E-state index in [1.54, 1.807) is 0 Å². The summed E-state index contributed by atoms with van der Waals surface area (Å²) in [6.45, 7) is 3.04. The zero-order chi connectivity index (χ0) is 22.7. The van der Waals surface area contributed by atoms with Crippen molar-refractivity contribution in [2.45, 2.75) is 96.8 Å². The van der Waals surface area contributed by atoms with E-state index in [-0.39, 0.29) is 0 Å². The monoisotopic (exact) mass is 437 g/mol. The van der Waals surface area contributed by atoms with Crippen molar-refractivity contribution in [3.8, 4) is 5.75 Å². The summed E-state index contributed by atoms with van der Waals surface area (Å²) in [4.78, 5) is 0. The average molecular weight is 438 g/mol. The van der Waals surface area contributed by atoms with Gasteiger partial charge in [0.05, 0.1) is 6.61 Å². The van der Waals surface area contributed by atoms with Gasteiger partial charge in [-0.15, -0.1) is 0 Å². The smallest absolute Gasteiger partial charge is 0.119 e. The number of hydrogen-bond acceptors (Lipinski definition) is 3. The zero-order valence-electron chi connectivity index (χ0n) is 20.1. The summed E-state index contributed by atoms with van der Waals surface area (Å²) in [5.41, 5.74) is 2.35. The first-order chi connectivity index (χ1) is 15.8. The predicted molar refractivity (Wildman–Crippen MR) is 136 cm³/mol. The van der Waals surface area contributed by atoms with Crippen molar-refractivity contribution >= 4 is 5.71 Å². The van der Waals surface area contributed by atoms with Crippen LogP contribution in [0.15, 0.2) is 59.8 Å². The van der Waals surface area contributed by atoms with Crippen molar-refractivity contribution in [3.63, 3.8) is 0 Å². The molecule has 32 heavy (non-hydrogen) atoms. The minimum absolute atomic E-state index is 0.573. The van der Waals surface area contributed by atoms with Crippen molar-refractivity contribution in [2.75, 3.05) is 6.61 Å². The minimum Gasteiger partial charge on any atom is -0.494 e. The topological polar surface area (TPSA) is 41.8 Å². The molecule has 3 nitrogen and oxygen atoms in total. The van der Waals surface area contributed by atoms with Crippen LogP contribution in [0.1, 0.15) is 108 Å². The first-order valence-corrected chi connectivity index (χ1v) is 12.9. The van der Waals surface area contributed by atoms with Crippen molar-refractivity contribution < 1.29 is 9.94 Å². The Hall–Kier alpha value is -2.29. The van der Waals surface area contributed by atoms with Crippen molar-refractivity contribution in [1.29, 1.82) is 0 Å². The number of ether oxygens (including phenoxy) is 1. The van der Waals surface area contributed by atoms with E-state index in [1.165, 1.54) is 83.5 Å². The Morgan fingerprint density at radius 2 is 1.09 bits per heavy atom. The molecule has 0 spiro atoms. The summed E-state index contributed by atoms with van der Waals surface area (Å²) in [6.07, 6.45) is 19.1. The molecular weight excluding hydrogens is 394 g/mol. The average Bonchev–Trinajstić information content (AvgIpc) is 2.83. The van der Waals surface area contributed by atoms with E-state index < -0.39 is 0 Å². The van der Waals surface area contributed by atoms with Crippen LogP contribution in [0, 0.1) is 0 Å². The van der Waals surface area contributed by atoms with Crippen LogP contribution in [0.2, 0.25) is 0 Å². The highest BCUT2D eigenvalue weighted by atomic mass is 16.5. The van der Waals surface area contributed by atoms with Crippen molar-refractivity contribution in [3.05, 3.63) is 65.7 Å². The Morgan fingerprint density at radius 1 is 0.625 bits per heavy atom. The van der Waals surface area contributed by atoms with E-state index in [4.69, 9.17) is 4.74 Å². The highest BCUT2D eigenvalue weighted by molar-refractivity contribution is 6.12. The van der Waals surface area contributed by atoms with Crippen LogP contribution in [0.5, 0.6) is 5.75 Å². The van der Waals surface area contributed by atoms with Gasteiger partial charge < -0.3 is 9.94 Å². The minimum atomic E-state index is 0.573. The molecule has 0 fully saturated rings. The lowest BCUT2D eigenvalue weighted by molar-refractivity contribution is 0.304. The largest absolute Gasteiger partial charge is 0.494 e. The van der Waals surface area contributed by atoms with Gasteiger partial charge in [0, 0.05) is 11.1 Å². The molecule has 0 aliphatic rings. The van der Waals surface area contributed by atoms with E-state index in [9.17, 15) is 5.21 Å². The Morgan fingerprint density at radius 3 is 1.59 bits per heavy atom. The van der Waals surface area contributed by atoms with E-state index in [2.05, 4.69) is 12.1 Å². The maximum absolute atomic E-state index is 9.41. The number of rotatable bonds is 18. The number of oxime groups is 1. The molecule has 2 aromatic carbocycles. The lowest BCUT2D eigenvalue weighted by Crippen LogP contribution is -2.03. The number of unbranched alkanes of at least 4 members (excludes halogenated alkanes) is 13. The molecule has 0 aliphatic heterocycles. The van der Waals surface area contributed by atoms with Gasteiger partial charge in [-0.05, 0) is 30.7 Å². The first-order valence-electron chi connectivity index (χ1n) is 12.9. The molecule has 0 saturated heterocycles. The SMILES string of the molecule is CCCCCCCCCCCCCCCCOc1ccc(C(=NO)c2ccccc2)cc1. The number of benzene rings is 2. The normalized spacial score (nSPS) is 11.6. The summed E-state index contributed by atoms with van der Waals surface area (Å²) < 4.78 is 5.88. The molecule has 0 heterocycles. The van der Waals surface area contributed by atoms with Crippen LogP contribution in [-0.2, 0) is 0 Å². The highest BCUT2D eigenvalue weighted by Crippen LogP contribution is 2.17. The first kappa shape index (κ1) is 26.0.